The van der Waals surface area contributed by atoms with E-state index >= 15 is 0 Å². The zero-order chi connectivity index (χ0) is 14.5. The Labute approximate surface area is 119 Å². The number of aliphatic hydroxyl groups is 1. The molecule has 1 aliphatic heterocycles. The molecule has 2 unspecified atom stereocenters. The van der Waals surface area contributed by atoms with Crippen LogP contribution in [0.5, 0.6) is 0 Å². The van der Waals surface area contributed by atoms with Crippen molar-refractivity contribution in [2.24, 2.45) is 0 Å². The molecule has 0 spiro atoms. The number of rotatable bonds is 4. The highest BCUT2D eigenvalue weighted by Crippen LogP contribution is 2.24. The summed E-state index contributed by atoms with van der Waals surface area (Å²) in [6, 6.07) is 6.66. The molecule has 0 radical (unpaired) electrons. The molecule has 20 heavy (non-hydrogen) atoms. The minimum atomic E-state index is -0.350. The summed E-state index contributed by atoms with van der Waals surface area (Å²) in [5, 5.41) is 18.9. The van der Waals surface area contributed by atoms with Crippen LogP contribution in [0.15, 0.2) is 18.2 Å². The predicted molar refractivity (Wildman–Crippen MR) is 75.5 cm³/mol. The molecule has 1 saturated heterocycles. The number of piperidine rings is 1. The van der Waals surface area contributed by atoms with Crippen molar-refractivity contribution < 1.29 is 9.50 Å². The first-order valence-electron chi connectivity index (χ1n) is 7.26. The lowest BCUT2D eigenvalue weighted by molar-refractivity contribution is 0.0190. The molecular weight excluding hydrogens is 255 g/mol. The van der Waals surface area contributed by atoms with Crippen molar-refractivity contribution >= 4 is 0 Å². The van der Waals surface area contributed by atoms with Gasteiger partial charge in [-0.05, 0) is 37.9 Å². The highest BCUT2D eigenvalue weighted by atomic mass is 19.1. The normalized spacial score (nSPS) is 21.4. The molecule has 0 saturated carbocycles. The Morgan fingerprint density at radius 3 is 2.95 bits per heavy atom. The second kappa shape index (κ2) is 6.83. The second-order valence-corrected chi connectivity index (χ2v) is 5.43. The van der Waals surface area contributed by atoms with Crippen LogP contribution in [-0.4, -0.2) is 28.7 Å². The van der Waals surface area contributed by atoms with Crippen LogP contribution < -0.4 is 0 Å². The fraction of sp³-hybridized carbons (Fsp3) is 0.562. The van der Waals surface area contributed by atoms with Gasteiger partial charge >= 0.3 is 0 Å². The number of hydrogen-bond donors (Lipinski definition) is 1. The number of nitrogens with zero attached hydrogens (tertiary/aromatic N) is 2. The Hall–Kier alpha value is -1.44. The van der Waals surface area contributed by atoms with Gasteiger partial charge in [0.1, 0.15) is 5.82 Å². The lowest BCUT2D eigenvalue weighted by Crippen LogP contribution is -2.46. The smallest absolute Gasteiger partial charge is 0.129 e. The third-order valence-electron chi connectivity index (χ3n) is 4.08. The van der Waals surface area contributed by atoms with Gasteiger partial charge in [-0.15, -0.1) is 0 Å². The van der Waals surface area contributed by atoms with Crippen molar-refractivity contribution in [3.05, 3.63) is 35.1 Å². The number of nitriles is 1. The standard InChI is InChI=1S/C16H21FN2O/c1-2-16(20)15-5-3-4-8-19(15)11-13-7-6-12(10-18)9-14(13)17/h6-7,9,15-16,20H,2-5,8,11H2,1H3. The Balaban J connectivity index is 2.13. The maximum Gasteiger partial charge on any atom is 0.129 e. The van der Waals surface area contributed by atoms with Crippen LogP contribution >= 0.6 is 0 Å². The summed E-state index contributed by atoms with van der Waals surface area (Å²) in [4.78, 5) is 2.17. The molecule has 2 atom stereocenters. The van der Waals surface area contributed by atoms with Crippen LogP contribution in [0.1, 0.15) is 43.7 Å². The lowest BCUT2D eigenvalue weighted by Gasteiger charge is -2.38. The number of likely N-dealkylation sites (tertiary alicyclic amines) is 1. The molecule has 1 heterocycles. The molecule has 0 amide bonds. The fourth-order valence-corrected chi connectivity index (χ4v) is 2.88. The van der Waals surface area contributed by atoms with Gasteiger partial charge in [-0.1, -0.05) is 19.4 Å². The van der Waals surface area contributed by atoms with E-state index in [1.165, 1.54) is 6.07 Å². The van der Waals surface area contributed by atoms with Crippen LogP contribution in [-0.2, 0) is 6.54 Å². The van der Waals surface area contributed by atoms with E-state index in [0.29, 0.717) is 17.7 Å². The molecule has 1 aromatic rings. The predicted octanol–water partition coefficient (Wildman–Crippen LogP) is 2.82. The number of aliphatic hydroxyl groups excluding tert-OH is 1. The lowest BCUT2D eigenvalue weighted by atomic mass is 9.95. The van der Waals surface area contributed by atoms with Gasteiger partial charge < -0.3 is 5.11 Å². The summed E-state index contributed by atoms with van der Waals surface area (Å²) in [6.07, 6.45) is 3.54. The zero-order valence-electron chi connectivity index (χ0n) is 11.8. The Bertz CT molecular complexity index is 498. The van der Waals surface area contributed by atoms with E-state index in [4.69, 9.17) is 5.26 Å². The topological polar surface area (TPSA) is 47.3 Å². The molecule has 3 nitrogen and oxygen atoms in total. The Morgan fingerprint density at radius 1 is 1.50 bits per heavy atom. The summed E-state index contributed by atoms with van der Waals surface area (Å²) in [5.41, 5.74) is 0.939. The van der Waals surface area contributed by atoms with Gasteiger partial charge in [-0.25, -0.2) is 4.39 Å². The van der Waals surface area contributed by atoms with E-state index in [9.17, 15) is 9.50 Å². The van der Waals surface area contributed by atoms with Crippen LogP contribution in [0.3, 0.4) is 0 Å². The van der Waals surface area contributed by atoms with Gasteiger partial charge in [0.15, 0.2) is 0 Å². The fourth-order valence-electron chi connectivity index (χ4n) is 2.88. The molecule has 0 aliphatic carbocycles. The Kier molecular flexibility index (Phi) is 5.11. The van der Waals surface area contributed by atoms with Gasteiger partial charge in [-0.3, -0.25) is 4.90 Å². The molecule has 108 valence electrons. The zero-order valence-corrected chi connectivity index (χ0v) is 11.8. The van der Waals surface area contributed by atoms with Gasteiger partial charge in [0, 0.05) is 18.2 Å². The van der Waals surface area contributed by atoms with Crippen LogP contribution in [0, 0.1) is 17.1 Å². The first kappa shape index (κ1) is 15.0. The highest BCUT2D eigenvalue weighted by Gasteiger charge is 2.28. The summed E-state index contributed by atoms with van der Waals surface area (Å²) in [5.74, 6) is -0.334. The van der Waals surface area contributed by atoms with Crippen LogP contribution in [0.25, 0.3) is 0 Å². The number of benzene rings is 1. The minimum absolute atomic E-state index is 0.115. The van der Waals surface area contributed by atoms with Crippen molar-refractivity contribution in [3.63, 3.8) is 0 Å². The molecule has 4 heteroatoms. The number of hydrogen-bond acceptors (Lipinski definition) is 3. The largest absolute Gasteiger partial charge is 0.392 e. The molecule has 0 aromatic heterocycles. The second-order valence-electron chi connectivity index (χ2n) is 5.43. The first-order chi connectivity index (χ1) is 9.65. The molecule has 0 bridgehead atoms. The monoisotopic (exact) mass is 276 g/mol. The molecule has 1 aromatic carbocycles. The molecular formula is C16H21FN2O. The van der Waals surface area contributed by atoms with Crippen molar-refractivity contribution in [1.29, 1.82) is 5.26 Å². The van der Waals surface area contributed by atoms with Crippen molar-refractivity contribution in [1.82, 2.24) is 4.90 Å². The van der Waals surface area contributed by atoms with Gasteiger partial charge in [0.2, 0.25) is 0 Å². The first-order valence-corrected chi connectivity index (χ1v) is 7.26. The maximum atomic E-state index is 14.0. The summed E-state index contributed by atoms with van der Waals surface area (Å²) in [6.45, 7) is 3.36. The van der Waals surface area contributed by atoms with Crippen molar-refractivity contribution in [2.45, 2.75) is 51.3 Å². The van der Waals surface area contributed by atoms with Gasteiger partial charge in [0.05, 0.1) is 17.7 Å². The third-order valence-corrected chi connectivity index (χ3v) is 4.08. The van der Waals surface area contributed by atoms with E-state index < -0.39 is 0 Å². The average Bonchev–Trinajstić information content (AvgIpc) is 2.49. The van der Waals surface area contributed by atoms with E-state index in [1.54, 1.807) is 12.1 Å². The summed E-state index contributed by atoms with van der Waals surface area (Å²) in [7, 11) is 0. The van der Waals surface area contributed by atoms with Gasteiger partial charge in [-0.2, -0.15) is 5.26 Å². The van der Waals surface area contributed by atoms with Crippen molar-refractivity contribution in [2.75, 3.05) is 6.54 Å². The van der Waals surface area contributed by atoms with E-state index in [1.807, 2.05) is 13.0 Å². The van der Waals surface area contributed by atoms with Crippen LogP contribution in [0.2, 0.25) is 0 Å². The summed E-state index contributed by atoms with van der Waals surface area (Å²) >= 11 is 0. The van der Waals surface area contributed by atoms with E-state index in [-0.39, 0.29) is 18.0 Å². The van der Waals surface area contributed by atoms with Crippen LogP contribution in [0.4, 0.5) is 4.39 Å². The third kappa shape index (κ3) is 3.36. The van der Waals surface area contributed by atoms with Gasteiger partial charge in [0.25, 0.3) is 0 Å². The molecule has 1 N–H and O–H groups in total. The SMILES string of the molecule is CCC(O)C1CCCCN1Cc1ccc(C#N)cc1F. The summed E-state index contributed by atoms with van der Waals surface area (Å²) < 4.78 is 14.0. The molecule has 1 fully saturated rings. The minimum Gasteiger partial charge on any atom is -0.392 e. The van der Waals surface area contributed by atoms with Crippen molar-refractivity contribution in [3.8, 4) is 6.07 Å². The highest BCUT2D eigenvalue weighted by molar-refractivity contribution is 5.32. The average molecular weight is 276 g/mol. The van der Waals surface area contributed by atoms with E-state index in [0.717, 1.165) is 32.2 Å². The maximum absolute atomic E-state index is 14.0. The molecule has 2 rings (SSSR count). The quantitative estimate of drug-likeness (QED) is 0.920. The number of halogens is 1. The van der Waals surface area contributed by atoms with E-state index in [2.05, 4.69) is 4.90 Å². The molecule has 1 aliphatic rings. The Morgan fingerprint density at radius 2 is 2.30 bits per heavy atom.